The van der Waals surface area contributed by atoms with Gasteiger partial charge in [0.2, 0.25) is 0 Å². The zero-order valence-electron chi connectivity index (χ0n) is 12.1. The largest absolute Gasteiger partial charge is 0.429 e. The molecule has 0 aliphatic carbocycles. The average molecular weight is 240 g/mol. The normalized spacial score (nSPS) is 14.8. The van der Waals surface area contributed by atoms with Gasteiger partial charge in [-0.2, -0.15) is 0 Å². The molecule has 2 atom stereocenters. The summed E-state index contributed by atoms with van der Waals surface area (Å²) in [4.78, 5) is 0. The SMILES string of the molecule is CC(C)CC(C)C(=N)OC(=N)C(C)CC(C)C. The average Bonchev–Trinajstić information content (AvgIpc) is 2.15. The third-order valence-electron chi connectivity index (χ3n) is 2.76. The number of hydrogen-bond acceptors (Lipinski definition) is 3. The van der Waals surface area contributed by atoms with Crippen LogP contribution in [0, 0.1) is 34.5 Å². The molecule has 0 aliphatic heterocycles. The second kappa shape index (κ2) is 7.46. The Morgan fingerprint density at radius 3 is 1.29 bits per heavy atom. The minimum absolute atomic E-state index is 0.0987. The fourth-order valence-corrected chi connectivity index (χ4v) is 1.95. The Balaban J connectivity index is 4.15. The zero-order chi connectivity index (χ0) is 13.6. The van der Waals surface area contributed by atoms with Crippen molar-refractivity contribution in [1.29, 1.82) is 10.8 Å². The van der Waals surface area contributed by atoms with Crippen molar-refractivity contribution in [1.82, 2.24) is 0 Å². The van der Waals surface area contributed by atoms with E-state index in [9.17, 15) is 0 Å². The first-order valence-corrected chi connectivity index (χ1v) is 6.58. The van der Waals surface area contributed by atoms with E-state index in [-0.39, 0.29) is 23.6 Å². The highest BCUT2D eigenvalue weighted by atomic mass is 16.5. The van der Waals surface area contributed by atoms with Crippen LogP contribution in [0.3, 0.4) is 0 Å². The standard InChI is InChI=1S/C14H28N2O/c1-9(2)7-11(5)13(15)17-14(16)12(6)8-10(3)4/h9-12,15-16H,7-8H2,1-6H3. The van der Waals surface area contributed by atoms with Crippen LogP contribution in [0.5, 0.6) is 0 Å². The Labute approximate surface area is 106 Å². The van der Waals surface area contributed by atoms with Gasteiger partial charge >= 0.3 is 0 Å². The molecule has 2 unspecified atom stereocenters. The van der Waals surface area contributed by atoms with Crippen molar-refractivity contribution < 1.29 is 4.74 Å². The van der Waals surface area contributed by atoms with E-state index in [2.05, 4.69) is 27.7 Å². The molecule has 2 N–H and O–H groups in total. The molecule has 3 heteroatoms. The highest BCUT2D eigenvalue weighted by Gasteiger charge is 2.18. The first-order chi connectivity index (χ1) is 7.73. The van der Waals surface area contributed by atoms with Gasteiger partial charge in [0.25, 0.3) is 0 Å². The minimum Gasteiger partial charge on any atom is -0.429 e. The molecule has 0 aliphatic rings. The van der Waals surface area contributed by atoms with Gasteiger partial charge in [-0.1, -0.05) is 41.5 Å². The first kappa shape index (κ1) is 16.1. The van der Waals surface area contributed by atoms with Crippen molar-refractivity contribution in [3.05, 3.63) is 0 Å². The Kier molecular flexibility index (Phi) is 7.09. The van der Waals surface area contributed by atoms with Crippen LogP contribution in [0.15, 0.2) is 0 Å². The lowest BCUT2D eigenvalue weighted by atomic mass is 9.97. The Bertz CT molecular complexity index is 233. The lowest BCUT2D eigenvalue weighted by Gasteiger charge is -2.19. The zero-order valence-corrected chi connectivity index (χ0v) is 12.1. The van der Waals surface area contributed by atoms with E-state index in [4.69, 9.17) is 15.6 Å². The molecule has 100 valence electrons. The molecule has 0 heterocycles. The summed E-state index contributed by atoms with van der Waals surface area (Å²) in [5, 5.41) is 15.7. The Hall–Kier alpha value is -0.860. The van der Waals surface area contributed by atoms with Gasteiger partial charge in [0.15, 0.2) is 11.8 Å². The third kappa shape index (κ3) is 7.14. The van der Waals surface area contributed by atoms with Crippen molar-refractivity contribution in [3.63, 3.8) is 0 Å². The number of ether oxygens (including phenoxy) is 1. The van der Waals surface area contributed by atoms with E-state index in [1.807, 2.05) is 13.8 Å². The molecule has 3 nitrogen and oxygen atoms in total. The van der Waals surface area contributed by atoms with Gasteiger partial charge in [0.05, 0.1) is 0 Å². The summed E-state index contributed by atoms with van der Waals surface area (Å²) >= 11 is 0. The molecule has 0 bridgehead atoms. The fourth-order valence-electron chi connectivity index (χ4n) is 1.95. The van der Waals surface area contributed by atoms with Crippen molar-refractivity contribution in [3.8, 4) is 0 Å². The van der Waals surface area contributed by atoms with Crippen LogP contribution < -0.4 is 0 Å². The molecule has 0 aromatic rings. The molecule has 0 aromatic carbocycles. The quantitative estimate of drug-likeness (QED) is 0.527. The van der Waals surface area contributed by atoms with E-state index >= 15 is 0 Å². The summed E-state index contributed by atoms with van der Waals surface area (Å²) in [7, 11) is 0. The van der Waals surface area contributed by atoms with Gasteiger partial charge in [-0.3, -0.25) is 10.8 Å². The lowest BCUT2D eigenvalue weighted by Crippen LogP contribution is -2.24. The van der Waals surface area contributed by atoms with Crippen molar-refractivity contribution in [2.24, 2.45) is 23.7 Å². The van der Waals surface area contributed by atoms with E-state index in [0.717, 1.165) is 12.8 Å². The molecule has 0 saturated carbocycles. The van der Waals surface area contributed by atoms with Gasteiger partial charge in [0.1, 0.15) is 0 Å². The maximum absolute atomic E-state index is 7.83. The van der Waals surface area contributed by atoms with Crippen LogP contribution in [-0.2, 0) is 4.74 Å². The lowest BCUT2D eigenvalue weighted by molar-refractivity contribution is 0.392. The third-order valence-corrected chi connectivity index (χ3v) is 2.76. The Morgan fingerprint density at radius 2 is 1.06 bits per heavy atom. The van der Waals surface area contributed by atoms with Crippen molar-refractivity contribution in [2.75, 3.05) is 0 Å². The first-order valence-electron chi connectivity index (χ1n) is 6.58. The highest BCUT2D eigenvalue weighted by molar-refractivity contribution is 5.90. The summed E-state index contributed by atoms with van der Waals surface area (Å²) in [5.74, 6) is 1.77. The predicted octanol–water partition coefficient (Wildman–Crippen LogP) is 4.32. The van der Waals surface area contributed by atoms with Gasteiger partial charge in [-0.05, 0) is 24.7 Å². The molecule has 0 rings (SSSR count). The van der Waals surface area contributed by atoms with Gasteiger partial charge in [0, 0.05) is 11.8 Å². The van der Waals surface area contributed by atoms with Crippen molar-refractivity contribution >= 4 is 11.8 Å². The monoisotopic (exact) mass is 240 g/mol. The maximum atomic E-state index is 7.83. The van der Waals surface area contributed by atoms with E-state index in [0.29, 0.717) is 11.8 Å². The topological polar surface area (TPSA) is 56.9 Å². The molecule has 17 heavy (non-hydrogen) atoms. The van der Waals surface area contributed by atoms with Crippen LogP contribution in [0.25, 0.3) is 0 Å². The summed E-state index contributed by atoms with van der Waals surface area (Å²) in [5.41, 5.74) is 0. The summed E-state index contributed by atoms with van der Waals surface area (Å²) in [6.07, 6.45) is 1.87. The van der Waals surface area contributed by atoms with Gasteiger partial charge in [-0.25, -0.2) is 0 Å². The van der Waals surface area contributed by atoms with Gasteiger partial charge < -0.3 is 4.74 Å². The molecule has 0 radical (unpaired) electrons. The van der Waals surface area contributed by atoms with E-state index in [1.165, 1.54) is 0 Å². The fraction of sp³-hybridized carbons (Fsp3) is 0.857. The predicted molar refractivity (Wildman–Crippen MR) is 73.8 cm³/mol. The molecular formula is C14H28N2O. The second-order valence-corrected chi connectivity index (χ2v) is 5.89. The van der Waals surface area contributed by atoms with Crippen LogP contribution in [0.1, 0.15) is 54.4 Å². The summed E-state index contributed by atoms with van der Waals surface area (Å²) in [6, 6.07) is 0. The van der Waals surface area contributed by atoms with Crippen LogP contribution in [-0.4, -0.2) is 11.8 Å². The summed E-state index contributed by atoms with van der Waals surface area (Å²) in [6.45, 7) is 12.5. The van der Waals surface area contributed by atoms with Crippen molar-refractivity contribution in [2.45, 2.75) is 54.4 Å². The second-order valence-electron chi connectivity index (χ2n) is 5.89. The van der Waals surface area contributed by atoms with Crippen LogP contribution in [0.2, 0.25) is 0 Å². The Morgan fingerprint density at radius 1 is 0.765 bits per heavy atom. The minimum atomic E-state index is 0.0987. The molecular weight excluding hydrogens is 212 g/mol. The number of hydrogen-bond donors (Lipinski definition) is 2. The molecule has 0 aromatic heterocycles. The molecule has 0 fully saturated rings. The smallest absolute Gasteiger partial charge is 0.191 e. The summed E-state index contributed by atoms with van der Waals surface area (Å²) < 4.78 is 5.34. The van der Waals surface area contributed by atoms with Gasteiger partial charge in [-0.15, -0.1) is 0 Å². The number of rotatable bonds is 6. The molecule has 0 spiro atoms. The highest BCUT2D eigenvalue weighted by Crippen LogP contribution is 2.16. The maximum Gasteiger partial charge on any atom is 0.191 e. The van der Waals surface area contributed by atoms with Crippen LogP contribution >= 0.6 is 0 Å². The number of nitrogens with one attached hydrogen (secondary N) is 2. The molecule has 0 saturated heterocycles. The van der Waals surface area contributed by atoms with Crippen LogP contribution in [0.4, 0.5) is 0 Å². The molecule has 0 amide bonds. The van der Waals surface area contributed by atoms with E-state index < -0.39 is 0 Å². The van der Waals surface area contributed by atoms with E-state index in [1.54, 1.807) is 0 Å².